The first-order valence-electron chi connectivity index (χ1n) is 5.79. The summed E-state index contributed by atoms with van der Waals surface area (Å²) in [6, 6.07) is 6.01. The summed E-state index contributed by atoms with van der Waals surface area (Å²) in [5.74, 6) is -0.771. The molecule has 2 aromatic rings. The minimum Gasteiger partial charge on any atom is -0.481 e. The Labute approximate surface area is 115 Å². The third kappa shape index (κ3) is 2.17. The van der Waals surface area contributed by atoms with Gasteiger partial charge in [0, 0.05) is 23.1 Å². The fourth-order valence-electron chi connectivity index (χ4n) is 2.20. The second-order valence-electron chi connectivity index (χ2n) is 5.27. The van der Waals surface area contributed by atoms with Crippen molar-refractivity contribution in [3.8, 4) is 0 Å². The fraction of sp³-hybridized carbons (Fsp3) is 0.357. The smallest absolute Gasteiger partial charge is 0.309 e. The number of nitrogens with zero attached hydrogens (tertiary/aromatic N) is 1. The predicted octanol–water partition coefficient (Wildman–Crippen LogP) is 3.59. The molecule has 0 saturated carbocycles. The van der Waals surface area contributed by atoms with Crippen molar-refractivity contribution in [3.05, 3.63) is 34.4 Å². The summed E-state index contributed by atoms with van der Waals surface area (Å²) in [5.41, 5.74) is 1.40. The zero-order valence-electron chi connectivity index (χ0n) is 10.7. The van der Waals surface area contributed by atoms with Gasteiger partial charge in [-0.1, -0.05) is 18.2 Å². The van der Waals surface area contributed by atoms with E-state index in [4.69, 9.17) is 0 Å². The van der Waals surface area contributed by atoms with Crippen LogP contribution in [-0.2, 0) is 18.3 Å². The van der Waals surface area contributed by atoms with Gasteiger partial charge in [0.15, 0.2) is 0 Å². The molecular weight excluding hydrogens is 294 g/mol. The highest BCUT2D eigenvalue weighted by atomic mass is 79.9. The summed E-state index contributed by atoms with van der Waals surface area (Å²) in [4.78, 5) is 11.2. The second-order valence-corrected chi connectivity index (χ2v) is 6.12. The van der Waals surface area contributed by atoms with Crippen LogP contribution in [0.5, 0.6) is 0 Å². The second kappa shape index (κ2) is 4.43. The van der Waals surface area contributed by atoms with Gasteiger partial charge in [-0.2, -0.15) is 0 Å². The van der Waals surface area contributed by atoms with Crippen molar-refractivity contribution in [3.63, 3.8) is 0 Å². The number of aliphatic carboxylic acids is 1. The van der Waals surface area contributed by atoms with Gasteiger partial charge in [0.25, 0.3) is 0 Å². The summed E-state index contributed by atoms with van der Waals surface area (Å²) < 4.78 is 3.07. The molecule has 4 heteroatoms. The number of halogens is 1. The Hall–Kier alpha value is -1.29. The van der Waals surface area contributed by atoms with Crippen molar-refractivity contribution < 1.29 is 9.90 Å². The maximum Gasteiger partial charge on any atom is 0.309 e. The Morgan fingerprint density at radius 1 is 1.44 bits per heavy atom. The lowest BCUT2D eigenvalue weighted by molar-refractivity contribution is -0.146. The number of carboxylic acids is 1. The van der Waals surface area contributed by atoms with Crippen LogP contribution in [0.3, 0.4) is 0 Å². The standard InChI is InChI=1S/C14H16BrNO2/c1-14(2,13(17)18)7-9-5-4-6-10-11(15)8-16(3)12(9)10/h4-6,8H,7H2,1-3H3,(H,17,18). The minimum atomic E-state index is -0.771. The van der Waals surface area contributed by atoms with E-state index in [1.165, 1.54) is 0 Å². The molecule has 0 aliphatic rings. The Morgan fingerprint density at radius 2 is 2.11 bits per heavy atom. The molecule has 0 aliphatic heterocycles. The maximum absolute atomic E-state index is 11.2. The molecule has 3 nitrogen and oxygen atoms in total. The molecule has 0 saturated heterocycles. The Morgan fingerprint density at radius 3 is 2.72 bits per heavy atom. The number of benzene rings is 1. The molecule has 96 valence electrons. The number of carboxylic acid groups (broad SMARTS) is 1. The number of hydrogen-bond acceptors (Lipinski definition) is 1. The van der Waals surface area contributed by atoms with Gasteiger partial charge < -0.3 is 9.67 Å². The number of para-hydroxylation sites is 1. The quantitative estimate of drug-likeness (QED) is 0.941. The summed E-state index contributed by atoms with van der Waals surface area (Å²) in [6.07, 6.45) is 2.52. The maximum atomic E-state index is 11.2. The van der Waals surface area contributed by atoms with Crippen LogP contribution in [0.15, 0.2) is 28.9 Å². The molecule has 0 fully saturated rings. The topological polar surface area (TPSA) is 42.2 Å². The fourth-order valence-corrected chi connectivity index (χ4v) is 2.83. The van der Waals surface area contributed by atoms with Crippen molar-refractivity contribution in [1.29, 1.82) is 0 Å². The van der Waals surface area contributed by atoms with Crippen molar-refractivity contribution in [2.75, 3.05) is 0 Å². The lowest BCUT2D eigenvalue weighted by Gasteiger charge is -2.20. The SMILES string of the molecule is Cn1cc(Br)c2cccc(CC(C)(C)C(=O)O)c21. The molecule has 18 heavy (non-hydrogen) atoms. The van der Waals surface area contributed by atoms with Crippen molar-refractivity contribution in [2.24, 2.45) is 12.5 Å². The van der Waals surface area contributed by atoms with Crippen LogP contribution < -0.4 is 0 Å². The molecule has 1 N–H and O–H groups in total. The van der Waals surface area contributed by atoms with E-state index >= 15 is 0 Å². The Bertz CT molecular complexity index is 614. The van der Waals surface area contributed by atoms with Gasteiger partial charge in [-0.3, -0.25) is 4.79 Å². The highest BCUT2D eigenvalue weighted by Gasteiger charge is 2.28. The third-order valence-electron chi connectivity index (χ3n) is 3.25. The average molecular weight is 310 g/mol. The lowest BCUT2D eigenvalue weighted by atomic mass is 9.85. The molecule has 0 radical (unpaired) electrons. The molecule has 0 atom stereocenters. The van der Waals surface area contributed by atoms with E-state index in [-0.39, 0.29) is 0 Å². The number of hydrogen-bond donors (Lipinski definition) is 1. The molecule has 0 aliphatic carbocycles. The lowest BCUT2D eigenvalue weighted by Crippen LogP contribution is -2.26. The highest BCUT2D eigenvalue weighted by Crippen LogP contribution is 2.31. The zero-order valence-corrected chi connectivity index (χ0v) is 12.3. The third-order valence-corrected chi connectivity index (χ3v) is 3.88. The van der Waals surface area contributed by atoms with Gasteiger partial charge in [0.1, 0.15) is 0 Å². The van der Waals surface area contributed by atoms with Crippen LogP contribution in [-0.4, -0.2) is 15.6 Å². The Balaban J connectivity index is 2.56. The van der Waals surface area contributed by atoms with E-state index in [0.717, 1.165) is 20.9 Å². The van der Waals surface area contributed by atoms with Gasteiger partial charge in [-0.25, -0.2) is 0 Å². The van der Waals surface area contributed by atoms with E-state index in [1.807, 2.05) is 36.0 Å². The van der Waals surface area contributed by atoms with E-state index in [1.54, 1.807) is 13.8 Å². The first-order valence-corrected chi connectivity index (χ1v) is 6.58. The van der Waals surface area contributed by atoms with Crippen molar-refractivity contribution >= 4 is 32.8 Å². The molecule has 1 aromatic carbocycles. The summed E-state index contributed by atoms with van der Waals surface area (Å²) in [6.45, 7) is 3.51. The van der Waals surface area contributed by atoms with E-state index < -0.39 is 11.4 Å². The number of rotatable bonds is 3. The summed E-state index contributed by atoms with van der Waals surface area (Å²) in [5, 5.41) is 10.4. The molecule has 0 spiro atoms. The summed E-state index contributed by atoms with van der Waals surface area (Å²) >= 11 is 3.52. The van der Waals surface area contributed by atoms with Crippen LogP contribution in [0.2, 0.25) is 0 Å². The van der Waals surface area contributed by atoms with Gasteiger partial charge in [-0.15, -0.1) is 0 Å². The molecule has 1 aromatic heterocycles. The average Bonchev–Trinajstić information content (AvgIpc) is 2.55. The van der Waals surface area contributed by atoms with Gasteiger partial charge in [-0.05, 0) is 41.8 Å². The van der Waals surface area contributed by atoms with Crippen molar-refractivity contribution in [1.82, 2.24) is 4.57 Å². The minimum absolute atomic E-state index is 0.518. The zero-order chi connectivity index (χ0) is 13.5. The molecule has 1 heterocycles. The molecule has 0 unspecified atom stereocenters. The van der Waals surface area contributed by atoms with Crippen LogP contribution >= 0.6 is 15.9 Å². The number of fused-ring (bicyclic) bond motifs is 1. The van der Waals surface area contributed by atoms with Crippen LogP contribution in [0.1, 0.15) is 19.4 Å². The first kappa shape index (κ1) is 13.1. The van der Waals surface area contributed by atoms with E-state index in [0.29, 0.717) is 6.42 Å². The van der Waals surface area contributed by atoms with Gasteiger partial charge >= 0.3 is 5.97 Å². The summed E-state index contributed by atoms with van der Waals surface area (Å²) in [7, 11) is 1.98. The number of aromatic nitrogens is 1. The number of aryl methyl sites for hydroxylation is 1. The number of carbonyl (C=O) groups is 1. The monoisotopic (exact) mass is 309 g/mol. The van der Waals surface area contributed by atoms with Crippen LogP contribution in [0.4, 0.5) is 0 Å². The Kier molecular flexibility index (Phi) is 3.23. The van der Waals surface area contributed by atoms with Crippen LogP contribution in [0, 0.1) is 5.41 Å². The molecule has 0 amide bonds. The van der Waals surface area contributed by atoms with E-state index in [9.17, 15) is 9.90 Å². The molecule has 0 bridgehead atoms. The molecule has 2 rings (SSSR count). The van der Waals surface area contributed by atoms with Gasteiger partial charge in [0.2, 0.25) is 0 Å². The predicted molar refractivity (Wildman–Crippen MR) is 75.7 cm³/mol. The van der Waals surface area contributed by atoms with Crippen LogP contribution in [0.25, 0.3) is 10.9 Å². The first-order chi connectivity index (χ1) is 8.33. The molecular formula is C14H16BrNO2. The largest absolute Gasteiger partial charge is 0.481 e. The normalized spacial score (nSPS) is 12.0. The highest BCUT2D eigenvalue weighted by molar-refractivity contribution is 9.10. The van der Waals surface area contributed by atoms with Gasteiger partial charge in [0.05, 0.1) is 10.9 Å². The van der Waals surface area contributed by atoms with Crippen molar-refractivity contribution in [2.45, 2.75) is 20.3 Å². The van der Waals surface area contributed by atoms with E-state index in [2.05, 4.69) is 15.9 Å².